The van der Waals surface area contributed by atoms with Gasteiger partial charge in [0, 0.05) is 38.2 Å². The van der Waals surface area contributed by atoms with Crippen molar-refractivity contribution in [3.05, 3.63) is 33.3 Å². The first-order chi connectivity index (χ1) is 15.8. The smallest absolute Gasteiger partial charge is 0.293 e. The zero-order chi connectivity index (χ0) is 23.6. The van der Waals surface area contributed by atoms with Crippen LogP contribution in [0.5, 0.6) is 0 Å². The van der Waals surface area contributed by atoms with Crippen LogP contribution in [0, 0.1) is 23.0 Å². The summed E-state index contributed by atoms with van der Waals surface area (Å²) in [6, 6.07) is 4.12. The monoisotopic (exact) mass is 494 g/mol. The van der Waals surface area contributed by atoms with Crippen LogP contribution in [0.1, 0.15) is 37.1 Å². The van der Waals surface area contributed by atoms with Gasteiger partial charge in [-0.15, -0.1) is 10.2 Å². The fourth-order valence-corrected chi connectivity index (χ4v) is 6.40. The lowest BCUT2D eigenvalue weighted by molar-refractivity contribution is -0.384. The third-order valence-corrected chi connectivity index (χ3v) is 8.71. The number of benzene rings is 1. The second-order valence-electron chi connectivity index (χ2n) is 8.25. The second-order valence-corrected chi connectivity index (χ2v) is 11.4. The molecule has 0 unspecified atom stereocenters. The topological polar surface area (TPSA) is 139 Å². The molecule has 178 valence electrons. The standard InChI is InChI=1S/C20H26N6O5S2/c1-14-22-23-20(32-14)21-19(27)15-7-11-24(12-8-15)17-6-5-16(13-18(17)26(28)29)33(30,31)25-9-3-2-4-10-25/h5-6,13,15H,2-4,7-12H2,1H3,(H,21,23,27). The summed E-state index contributed by atoms with van der Waals surface area (Å²) in [5.74, 6) is -0.369. The summed E-state index contributed by atoms with van der Waals surface area (Å²) in [5.41, 5.74) is 0.136. The van der Waals surface area contributed by atoms with E-state index in [1.165, 1.54) is 27.8 Å². The largest absolute Gasteiger partial charge is 0.366 e. The molecule has 2 aromatic rings. The lowest BCUT2D eigenvalue weighted by Gasteiger charge is -2.32. The summed E-state index contributed by atoms with van der Waals surface area (Å²) in [7, 11) is -3.77. The number of aromatic nitrogens is 2. The highest BCUT2D eigenvalue weighted by molar-refractivity contribution is 7.89. The van der Waals surface area contributed by atoms with Gasteiger partial charge in [-0.2, -0.15) is 4.31 Å². The van der Waals surface area contributed by atoms with Gasteiger partial charge in [0.2, 0.25) is 21.1 Å². The number of carbonyl (C=O) groups is 1. The number of hydrogen-bond donors (Lipinski definition) is 1. The summed E-state index contributed by atoms with van der Waals surface area (Å²) < 4.78 is 27.3. The summed E-state index contributed by atoms with van der Waals surface area (Å²) in [5, 5.41) is 23.6. The molecule has 2 saturated heterocycles. The molecular weight excluding hydrogens is 468 g/mol. The highest BCUT2D eigenvalue weighted by atomic mass is 32.2. The van der Waals surface area contributed by atoms with Gasteiger partial charge in [-0.05, 0) is 44.7 Å². The fourth-order valence-electron chi connectivity index (χ4n) is 4.27. The Morgan fingerprint density at radius 3 is 2.45 bits per heavy atom. The number of aryl methyl sites for hydroxylation is 1. The third-order valence-electron chi connectivity index (χ3n) is 6.06. The van der Waals surface area contributed by atoms with E-state index in [0.717, 1.165) is 30.3 Å². The molecule has 4 rings (SSSR count). The molecule has 0 aliphatic carbocycles. The number of nitro groups is 1. The van der Waals surface area contributed by atoms with Crippen molar-refractivity contribution in [3.8, 4) is 0 Å². The zero-order valence-electron chi connectivity index (χ0n) is 18.3. The van der Waals surface area contributed by atoms with Crippen molar-refractivity contribution >= 4 is 43.8 Å². The number of hydrogen-bond acceptors (Lipinski definition) is 9. The summed E-state index contributed by atoms with van der Waals surface area (Å²) in [6.07, 6.45) is 3.61. The molecule has 3 heterocycles. The maximum Gasteiger partial charge on any atom is 0.293 e. The predicted molar refractivity (Wildman–Crippen MR) is 124 cm³/mol. The number of anilines is 2. The van der Waals surface area contributed by atoms with Crippen LogP contribution in [0.4, 0.5) is 16.5 Å². The van der Waals surface area contributed by atoms with Gasteiger partial charge in [-0.25, -0.2) is 8.42 Å². The van der Waals surface area contributed by atoms with E-state index in [4.69, 9.17) is 0 Å². The normalized spacial score (nSPS) is 18.3. The molecule has 0 bridgehead atoms. The van der Waals surface area contributed by atoms with Crippen LogP contribution < -0.4 is 10.2 Å². The Morgan fingerprint density at radius 2 is 1.85 bits per heavy atom. The van der Waals surface area contributed by atoms with Gasteiger partial charge in [0.1, 0.15) is 10.7 Å². The van der Waals surface area contributed by atoms with E-state index < -0.39 is 14.9 Å². The van der Waals surface area contributed by atoms with Gasteiger partial charge < -0.3 is 10.2 Å². The van der Waals surface area contributed by atoms with Crippen LogP contribution in [-0.2, 0) is 14.8 Å². The van der Waals surface area contributed by atoms with Crippen molar-refractivity contribution in [1.29, 1.82) is 0 Å². The minimum absolute atomic E-state index is 0.0542. The van der Waals surface area contributed by atoms with Gasteiger partial charge in [0.15, 0.2) is 0 Å². The minimum Gasteiger partial charge on any atom is -0.366 e. The number of nitrogens with one attached hydrogen (secondary N) is 1. The lowest BCUT2D eigenvalue weighted by Crippen LogP contribution is -2.38. The first-order valence-corrected chi connectivity index (χ1v) is 13.2. The van der Waals surface area contributed by atoms with Gasteiger partial charge >= 0.3 is 0 Å². The molecule has 1 amide bonds. The Balaban J connectivity index is 1.46. The van der Waals surface area contributed by atoms with E-state index >= 15 is 0 Å². The second kappa shape index (κ2) is 9.69. The highest BCUT2D eigenvalue weighted by Crippen LogP contribution is 2.35. The Bertz CT molecular complexity index is 1140. The van der Waals surface area contributed by atoms with Crippen molar-refractivity contribution < 1.29 is 18.1 Å². The van der Waals surface area contributed by atoms with Crippen molar-refractivity contribution in [1.82, 2.24) is 14.5 Å². The fraction of sp³-hybridized carbons (Fsp3) is 0.550. The number of carbonyl (C=O) groups excluding carboxylic acids is 1. The summed E-state index contributed by atoms with van der Waals surface area (Å²) in [4.78, 5) is 25.6. The van der Waals surface area contributed by atoms with E-state index in [1.807, 2.05) is 11.8 Å². The molecule has 13 heteroatoms. The van der Waals surface area contributed by atoms with E-state index in [-0.39, 0.29) is 22.4 Å². The quantitative estimate of drug-likeness (QED) is 0.478. The summed E-state index contributed by atoms with van der Waals surface area (Å²) in [6.45, 7) is 3.58. The van der Waals surface area contributed by atoms with Crippen LogP contribution in [0.3, 0.4) is 0 Å². The number of amides is 1. The SMILES string of the molecule is Cc1nnc(NC(=O)C2CCN(c3ccc(S(=O)(=O)N4CCCCC4)cc3[N+](=O)[O-])CC2)s1. The van der Waals surface area contributed by atoms with Crippen LogP contribution in [0.2, 0.25) is 0 Å². The molecule has 2 fully saturated rings. The van der Waals surface area contributed by atoms with Gasteiger partial charge in [-0.1, -0.05) is 17.8 Å². The number of sulfonamides is 1. The van der Waals surface area contributed by atoms with Crippen molar-refractivity contribution in [2.75, 3.05) is 36.4 Å². The van der Waals surface area contributed by atoms with Crippen LogP contribution in [0.15, 0.2) is 23.1 Å². The third kappa shape index (κ3) is 5.14. The summed E-state index contributed by atoms with van der Waals surface area (Å²) >= 11 is 1.30. The molecule has 0 saturated carbocycles. The molecule has 33 heavy (non-hydrogen) atoms. The van der Waals surface area contributed by atoms with E-state index in [2.05, 4.69) is 15.5 Å². The van der Waals surface area contributed by atoms with Gasteiger partial charge in [0.05, 0.1) is 9.82 Å². The number of piperidine rings is 2. The molecule has 0 spiro atoms. The maximum atomic E-state index is 13.0. The molecule has 2 aliphatic heterocycles. The molecule has 1 N–H and O–H groups in total. The van der Waals surface area contributed by atoms with Crippen LogP contribution in [0.25, 0.3) is 0 Å². The van der Waals surface area contributed by atoms with E-state index in [1.54, 1.807) is 0 Å². The Kier molecular flexibility index (Phi) is 6.91. The Morgan fingerprint density at radius 1 is 1.15 bits per heavy atom. The molecule has 1 aromatic heterocycles. The molecule has 2 aliphatic rings. The average Bonchev–Trinajstić information content (AvgIpc) is 3.23. The van der Waals surface area contributed by atoms with Gasteiger partial charge in [-0.3, -0.25) is 14.9 Å². The molecule has 1 aromatic carbocycles. The first-order valence-electron chi connectivity index (χ1n) is 10.9. The van der Waals surface area contributed by atoms with E-state index in [9.17, 15) is 23.3 Å². The first kappa shape index (κ1) is 23.5. The zero-order valence-corrected chi connectivity index (χ0v) is 19.9. The van der Waals surface area contributed by atoms with Crippen LogP contribution in [-0.4, -0.2) is 59.9 Å². The predicted octanol–water partition coefficient (Wildman–Crippen LogP) is 2.78. The highest BCUT2D eigenvalue weighted by Gasteiger charge is 2.32. The molecule has 0 radical (unpaired) electrons. The minimum atomic E-state index is -3.77. The van der Waals surface area contributed by atoms with Crippen LogP contribution >= 0.6 is 11.3 Å². The maximum absolute atomic E-state index is 13.0. The number of nitro benzene ring substituents is 1. The molecule has 11 nitrogen and oxygen atoms in total. The van der Waals surface area contributed by atoms with Crippen molar-refractivity contribution in [2.45, 2.75) is 43.9 Å². The van der Waals surface area contributed by atoms with Gasteiger partial charge in [0.25, 0.3) is 5.69 Å². The molecule has 0 atom stereocenters. The lowest BCUT2D eigenvalue weighted by atomic mass is 9.95. The molecular formula is C20H26N6O5S2. The average molecular weight is 495 g/mol. The number of rotatable bonds is 6. The van der Waals surface area contributed by atoms with Crippen molar-refractivity contribution in [3.63, 3.8) is 0 Å². The number of nitrogens with zero attached hydrogens (tertiary/aromatic N) is 5. The van der Waals surface area contributed by atoms with E-state index in [0.29, 0.717) is 49.8 Å². The Labute approximate surface area is 196 Å². The Hall–Kier alpha value is -2.64. The van der Waals surface area contributed by atoms with Crippen molar-refractivity contribution in [2.24, 2.45) is 5.92 Å².